The summed E-state index contributed by atoms with van der Waals surface area (Å²) in [6, 6.07) is 2.10. The van der Waals surface area contributed by atoms with E-state index in [0.29, 0.717) is 6.04 Å². The minimum absolute atomic E-state index is 0.479. The number of fused-ring (bicyclic) bond motifs is 2. The maximum absolute atomic E-state index is 6.20. The van der Waals surface area contributed by atoms with Crippen LogP contribution < -0.4 is 5.73 Å². The zero-order valence-electron chi connectivity index (χ0n) is 12.4. The van der Waals surface area contributed by atoms with E-state index < -0.39 is 0 Å². The Balaban J connectivity index is 1.90. The fourth-order valence-corrected chi connectivity index (χ4v) is 4.03. The first-order valence-electron chi connectivity index (χ1n) is 8.25. The van der Waals surface area contributed by atoms with Crippen LogP contribution in [0.1, 0.15) is 71.6 Å². The van der Waals surface area contributed by atoms with E-state index in [1.54, 1.807) is 0 Å². The van der Waals surface area contributed by atoms with Crippen LogP contribution in [0.3, 0.4) is 0 Å². The molecule has 2 aliphatic rings. The molecule has 2 N–H and O–H groups in total. The molecule has 2 fully saturated rings. The van der Waals surface area contributed by atoms with E-state index in [1.165, 1.54) is 64.3 Å². The smallest absolute Gasteiger partial charge is 0.0113 e. The molecule has 3 atom stereocenters. The van der Waals surface area contributed by atoms with E-state index in [1.807, 2.05) is 0 Å². The van der Waals surface area contributed by atoms with E-state index in [-0.39, 0.29) is 0 Å². The van der Waals surface area contributed by atoms with Gasteiger partial charge in [0.15, 0.2) is 0 Å². The predicted molar refractivity (Wildman–Crippen MR) is 78.6 cm³/mol. The van der Waals surface area contributed by atoms with Crippen molar-refractivity contribution in [3.63, 3.8) is 0 Å². The Kier molecular flexibility index (Phi) is 5.50. The van der Waals surface area contributed by atoms with Crippen molar-refractivity contribution in [1.29, 1.82) is 0 Å². The number of nitrogens with zero attached hydrogens (tertiary/aromatic N) is 1. The van der Waals surface area contributed by atoms with Gasteiger partial charge >= 0.3 is 0 Å². The van der Waals surface area contributed by atoms with Crippen LogP contribution in [0.15, 0.2) is 0 Å². The minimum atomic E-state index is 0.479. The Morgan fingerprint density at radius 1 is 1.17 bits per heavy atom. The van der Waals surface area contributed by atoms with Crippen LogP contribution in [0.25, 0.3) is 0 Å². The summed E-state index contributed by atoms with van der Waals surface area (Å²) >= 11 is 0. The number of piperidine rings is 2. The van der Waals surface area contributed by atoms with E-state index in [0.717, 1.165) is 18.0 Å². The highest BCUT2D eigenvalue weighted by Gasteiger charge is 2.37. The molecule has 0 aliphatic carbocycles. The first-order valence-corrected chi connectivity index (χ1v) is 8.25. The maximum atomic E-state index is 6.20. The Morgan fingerprint density at radius 3 is 2.39 bits per heavy atom. The van der Waals surface area contributed by atoms with Crippen LogP contribution in [0.4, 0.5) is 0 Å². The van der Waals surface area contributed by atoms with Gasteiger partial charge in [0.2, 0.25) is 0 Å². The highest BCUT2D eigenvalue weighted by molar-refractivity contribution is 4.94. The molecule has 2 heteroatoms. The lowest BCUT2D eigenvalue weighted by molar-refractivity contribution is 0.0167. The zero-order chi connectivity index (χ0) is 13.0. The van der Waals surface area contributed by atoms with Crippen molar-refractivity contribution in [2.45, 2.75) is 89.8 Å². The largest absolute Gasteiger partial charge is 0.328 e. The van der Waals surface area contributed by atoms with Crippen molar-refractivity contribution >= 4 is 0 Å². The third-order valence-electron chi connectivity index (χ3n) is 5.17. The van der Waals surface area contributed by atoms with Crippen molar-refractivity contribution < 1.29 is 0 Å². The Morgan fingerprint density at radius 2 is 1.83 bits per heavy atom. The van der Waals surface area contributed by atoms with Gasteiger partial charge in [-0.3, -0.25) is 4.90 Å². The molecule has 0 aromatic heterocycles. The first kappa shape index (κ1) is 14.3. The van der Waals surface area contributed by atoms with Crippen molar-refractivity contribution in [3.8, 4) is 0 Å². The molecule has 0 aromatic carbocycles. The SMILES string of the molecule is CCCCC(CC)CN1C2CCCC1CC(N)C2. The molecule has 2 heterocycles. The highest BCUT2D eigenvalue weighted by atomic mass is 15.2. The first-order chi connectivity index (χ1) is 8.74. The van der Waals surface area contributed by atoms with E-state index in [9.17, 15) is 0 Å². The normalized spacial score (nSPS) is 34.5. The van der Waals surface area contributed by atoms with Gasteiger partial charge in [-0.05, 0) is 38.0 Å². The molecule has 2 nitrogen and oxygen atoms in total. The van der Waals surface area contributed by atoms with Crippen LogP contribution in [0, 0.1) is 5.92 Å². The summed E-state index contributed by atoms with van der Waals surface area (Å²) in [5.41, 5.74) is 6.20. The van der Waals surface area contributed by atoms with Gasteiger partial charge in [-0.1, -0.05) is 39.5 Å². The van der Waals surface area contributed by atoms with Gasteiger partial charge in [-0.2, -0.15) is 0 Å². The van der Waals surface area contributed by atoms with Crippen molar-refractivity contribution in [3.05, 3.63) is 0 Å². The Hall–Kier alpha value is -0.0800. The third kappa shape index (κ3) is 3.48. The molecule has 0 aromatic rings. The highest BCUT2D eigenvalue weighted by Crippen LogP contribution is 2.34. The van der Waals surface area contributed by atoms with Gasteiger partial charge in [0.1, 0.15) is 0 Å². The monoisotopic (exact) mass is 252 g/mol. The molecule has 2 bridgehead atoms. The quantitative estimate of drug-likeness (QED) is 0.783. The van der Waals surface area contributed by atoms with Gasteiger partial charge < -0.3 is 5.73 Å². The van der Waals surface area contributed by atoms with Crippen LogP contribution >= 0.6 is 0 Å². The summed E-state index contributed by atoms with van der Waals surface area (Å²) in [5, 5.41) is 0. The zero-order valence-corrected chi connectivity index (χ0v) is 12.4. The predicted octanol–water partition coefficient (Wildman–Crippen LogP) is 3.55. The van der Waals surface area contributed by atoms with Crippen molar-refractivity contribution in [2.24, 2.45) is 11.7 Å². The van der Waals surface area contributed by atoms with Gasteiger partial charge in [-0.25, -0.2) is 0 Å². The Bertz CT molecular complexity index is 227. The number of rotatable bonds is 6. The second-order valence-electron chi connectivity index (χ2n) is 6.58. The molecule has 0 spiro atoms. The molecular weight excluding hydrogens is 220 g/mol. The fourth-order valence-electron chi connectivity index (χ4n) is 4.03. The van der Waals surface area contributed by atoms with Crippen LogP contribution in [-0.4, -0.2) is 29.6 Å². The topological polar surface area (TPSA) is 29.3 Å². The maximum Gasteiger partial charge on any atom is 0.0113 e. The van der Waals surface area contributed by atoms with Crippen molar-refractivity contribution in [1.82, 2.24) is 4.90 Å². The molecule has 2 aliphatic heterocycles. The number of unbranched alkanes of at least 4 members (excludes halogenated alkanes) is 1. The van der Waals surface area contributed by atoms with Crippen molar-refractivity contribution in [2.75, 3.05) is 6.54 Å². The molecule has 0 radical (unpaired) electrons. The second-order valence-corrected chi connectivity index (χ2v) is 6.58. The standard InChI is InChI=1S/C16H32N2/c1-3-5-7-13(4-2)12-18-15-8-6-9-16(18)11-14(17)10-15/h13-16H,3-12,17H2,1-2H3. The molecule has 2 rings (SSSR count). The lowest BCUT2D eigenvalue weighted by Gasteiger charge is -2.49. The second kappa shape index (κ2) is 6.91. The average Bonchev–Trinajstić information content (AvgIpc) is 2.35. The molecule has 106 valence electrons. The summed E-state index contributed by atoms with van der Waals surface area (Å²) in [6.07, 6.45) is 12.3. The summed E-state index contributed by atoms with van der Waals surface area (Å²) in [4.78, 5) is 2.84. The molecular formula is C16H32N2. The lowest BCUT2D eigenvalue weighted by Crippen LogP contribution is -2.56. The number of hydrogen-bond donors (Lipinski definition) is 1. The third-order valence-corrected chi connectivity index (χ3v) is 5.17. The summed E-state index contributed by atoms with van der Waals surface area (Å²) in [7, 11) is 0. The summed E-state index contributed by atoms with van der Waals surface area (Å²) in [6.45, 7) is 6.02. The van der Waals surface area contributed by atoms with E-state index in [4.69, 9.17) is 5.73 Å². The molecule has 18 heavy (non-hydrogen) atoms. The van der Waals surface area contributed by atoms with Gasteiger partial charge in [0, 0.05) is 24.7 Å². The lowest BCUT2D eigenvalue weighted by atomic mass is 9.81. The molecule has 0 amide bonds. The van der Waals surface area contributed by atoms with Crippen LogP contribution in [0.2, 0.25) is 0 Å². The van der Waals surface area contributed by atoms with Crippen LogP contribution in [0.5, 0.6) is 0 Å². The number of hydrogen-bond acceptors (Lipinski definition) is 2. The molecule has 3 unspecified atom stereocenters. The molecule has 2 saturated heterocycles. The van der Waals surface area contributed by atoms with Gasteiger partial charge in [-0.15, -0.1) is 0 Å². The van der Waals surface area contributed by atoms with Gasteiger partial charge in [0.05, 0.1) is 0 Å². The molecule has 0 saturated carbocycles. The van der Waals surface area contributed by atoms with E-state index >= 15 is 0 Å². The fraction of sp³-hybridized carbons (Fsp3) is 1.00. The number of nitrogens with two attached hydrogens (primary N) is 1. The summed E-state index contributed by atoms with van der Waals surface area (Å²) < 4.78 is 0. The van der Waals surface area contributed by atoms with E-state index in [2.05, 4.69) is 18.7 Å². The minimum Gasteiger partial charge on any atom is -0.328 e. The van der Waals surface area contributed by atoms with Gasteiger partial charge in [0.25, 0.3) is 0 Å². The van der Waals surface area contributed by atoms with Crippen LogP contribution in [-0.2, 0) is 0 Å². The summed E-state index contributed by atoms with van der Waals surface area (Å²) in [5.74, 6) is 0.919. The Labute approximate surface area is 113 Å². The average molecular weight is 252 g/mol.